The van der Waals surface area contributed by atoms with Crippen molar-refractivity contribution < 1.29 is 4.39 Å². The van der Waals surface area contributed by atoms with Crippen LogP contribution in [-0.4, -0.2) is 34.1 Å². The smallest absolute Gasteiger partial charge is 0.201 e. The van der Waals surface area contributed by atoms with Crippen molar-refractivity contribution in [3.8, 4) is 0 Å². The molecule has 19 heavy (non-hydrogen) atoms. The van der Waals surface area contributed by atoms with E-state index in [1.807, 2.05) is 4.57 Å². The Kier molecular flexibility index (Phi) is 4.42. The lowest BCUT2D eigenvalue weighted by Crippen LogP contribution is -2.27. The van der Waals surface area contributed by atoms with E-state index in [2.05, 4.69) is 39.7 Å². The quantitative estimate of drug-likeness (QED) is 0.918. The minimum Gasteiger partial charge on any atom is -0.369 e. The molecule has 0 saturated heterocycles. The van der Waals surface area contributed by atoms with Gasteiger partial charge >= 0.3 is 0 Å². The first-order valence-corrected chi connectivity index (χ1v) is 7.19. The highest BCUT2D eigenvalue weighted by Gasteiger charge is 2.12. The molecule has 2 rings (SSSR count). The van der Waals surface area contributed by atoms with Crippen molar-refractivity contribution in [2.75, 3.05) is 25.4 Å². The van der Waals surface area contributed by atoms with Gasteiger partial charge in [-0.15, -0.1) is 0 Å². The summed E-state index contributed by atoms with van der Waals surface area (Å²) in [5.74, 6) is 0.112. The predicted octanol–water partition coefficient (Wildman–Crippen LogP) is 2.86. The van der Waals surface area contributed by atoms with Crippen molar-refractivity contribution in [2.45, 2.75) is 20.4 Å². The van der Waals surface area contributed by atoms with Crippen LogP contribution < -0.4 is 5.73 Å². The number of likely N-dealkylation sites (N-methyl/N-ethyl adjacent to an activating group) is 1. The third kappa shape index (κ3) is 2.90. The number of halogens is 2. The predicted molar refractivity (Wildman–Crippen MR) is 79.6 cm³/mol. The molecule has 104 valence electrons. The Hall–Kier alpha value is -1.14. The zero-order chi connectivity index (χ0) is 14.0. The lowest BCUT2D eigenvalue weighted by atomic mass is 10.3. The Balaban J connectivity index is 2.32. The zero-order valence-corrected chi connectivity index (χ0v) is 12.7. The molecule has 0 aliphatic carbocycles. The second-order valence-electron chi connectivity index (χ2n) is 4.40. The molecule has 1 aromatic carbocycles. The number of nitrogen functional groups attached to an aromatic ring is 1. The molecule has 0 atom stereocenters. The van der Waals surface area contributed by atoms with Gasteiger partial charge in [-0.2, -0.15) is 0 Å². The van der Waals surface area contributed by atoms with Gasteiger partial charge in [0.25, 0.3) is 0 Å². The number of nitrogens with zero attached hydrogens (tertiary/aromatic N) is 3. The molecule has 0 bridgehead atoms. The molecule has 4 nitrogen and oxygen atoms in total. The Morgan fingerprint density at radius 1 is 1.37 bits per heavy atom. The van der Waals surface area contributed by atoms with Crippen molar-refractivity contribution >= 4 is 32.9 Å². The molecule has 1 aromatic heterocycles. The van der Waals surface area contributed by atoms with Gasteiger partial charge < -0.3 is 15.2 Å². The zero-order valence-electron chi connectivity index (χ0n) is 11.2. The molecule has 0 spiro atoms. The van der Waals surface area contributed by atoms with E-state index in [-0.39, 0.29) is 5.82 Å². The lowest BCUT2D eigenvalue weighted by molar-refractivity contribution is 0.292. The maximum atomic E-state index is 13.5. The van der Waals surface area contributed by atoms with Crippen molar-refractivity contribution in [2.24, 2.45) is 0 Å². The van der Waals surface area contributed by atoms with Gasteiger partial charge in [-0.1, -0.05) is 13.8 Å². The van der Waals surface area contributed by atoms with Crippen LogP contribution in [0.1, 0.15) is 13.8 Å². The van der Waals surface area contributed by atoms with Crippen molar-refractivity contribution in [1.29, 1.82) is 0 Å². The minimum absolute atomic E-state index is 0.319. The number of fused-ring (bicyclic) bond motifs is 1. The molecular formula is C13H18BrFN4. The van der Waals surface area contributed by atoms with Gasteiger partial charge in [0.1, 0.15) is 5.82 Å². The molecule has 1 heterocycles. The molecule has 2 N–H and O–H groups in total. The number of anilines is 1. The summed E-state index contributed by atoms with van der Waals surface area (Å²) >= 11 is 3.20. The van der Waals surface area contributed by atoms with Crippen LogP contribution in [0.25, 0.3) is 11.0 Å². The van der Waals surface area contributed by atoms with E-state index in [0.29, 0.717) is 15.9 Å². The summed E-state index contributed by atoms with van der Waals surface area (Å²) < 4.78 is 15.8. The van der Waals surface area contributed by atoms with Crippen LogP contribution in [0.5, 0.6) is 0 Å². The summed E-state index contributed by atoms with van der Waals surface area (Å²) in [6.45, 7) is 7.91. The van der Waals surface area contributed by atoms with Gasteiger partial charge in [0.05, 0.1) is 15.5 Å². The van der Waals surface area contributed by atoms with E-state index < -0.39 is 0 Å². The topological polar surface area (TPSA) is 47.1 Å². The molecule has 0 aliphatic rings. The number of hydrogen-bond donors (Lipinski definition) is 1. The van der Waals surface area contributed by atoms with Crippen molar-refractivity contribution in [1.82, 2.24) is 14.5 Å². The molecule has 6 heteroatoms. The number of imidazole rings is 1. The SMILES string of the molecule is CCN(CC)CCn1c(N)nc2cc(F)c(Br)cc21. The molecular weight excluding hydrogens is 311 g/mol. The van der Waals surface area contributed by atoms with Crippen LogP contribution in [-0.2, 0) is 6.54 Å². The van der Waals surface area contributed by atoms with Gasteiger partial charge in [-0.25, -0.2) is 9.37 Å². The van der Waals surface area contributed by atoms with E-state index in [0.717, 1.165) is 31.7 Å². The molecule has 0 amide bonds. The Morgan fingerprint density at radius 3 is 2.68 bits per heavy atom. The fraction of sp³-hybridized carbons (Fsp3) is 0.462. The second kappa shape index (κ2) is 5.88. The van der Waals surface area contributed by atoms with Gasteiger partial charge in [0, 0.05) is 19.2 Å². The number of hydrogen-bond acceptors (Lipinski definition) is 3. The molecule has 2 aromatic rings. The van der Waals surface area contributed by atoms with E-state index in [4.69, 9.17) is 5.73 Å². The van der Waals surface area contributed by atoms with E-state index in [1.54, 1.807) is 6.07 Å². The fourth-order valence-electron chi connectivity index (χ4n) is 2.16. The first kappa shape index (κ1) is 14.3. The highest BCUT2D eigenvalue weighted by Crippen LogP contribution is 2.25. The summed E-state index contributed by atoms with van der Waals surface area (Å²) in [4.78, 5) is 6.52. The first-order chi connectivity index (χ1) is 9.06. The molecule has 0 radical (unpaired) electrons. The summed E-state index contributed by atoms with van der Waals surface area (Å²) in [5, 5.41) is 0. The molecule has 0 saturated carbocycles. The average molecular weight is 329 g/mol. The van der Waals surface area contributed by atoms with Gasteiger partial charge in [-0.05, 0) is 35.1 Å². The largest absolute Gasteiger partial charge is 0.369 e. The van der Waals surface area contributed by atoms with E-state index in [9.17, 15) is 4.39 Å². The summed E-state index contributed by atoms with van der Waals surface area (Å²) in [5.41, 5.74) is 7.37. The Labute approximate surface area is 120 Å². The van der Waals surface area contributed by atoms with Crippen LogP contribution in [0.2, 0.25) is 0 Å². The third-order valence-electron chi connectivity index (χ3n) is 3.35. The van der Waals surface area contributed by atoms with Crippen LogP contribution >= 0.6 is 15.9 Å². The minimum atomic E-state index is -0.319. The van der Waals surface area contributed by atoms with Crippen LogP contribution in [0, 0.1) is 5.82 Å². The summed E-state index contributed by atoms with van der Waals surface area (Å²) in [6.07, 6.45) is 0. The third-order valence-corrected chi connectivity index (χ3v) is 3.96. The van der Waals surface area contributed by atoms with Gasteiger partial charge in [0.15, 0.2) is 0 Å². The van der Waals surface area contributed by atoms with E-state index >= 15 is 0 Å². The molecule has 0 fully saturated rings. The van der Waals surface area contributed by atoms with Crippen LogP contribution in [0.4, 0.5) is 10.3 Å². The van der Waals surface area contributed by atoms with Crippen molar-refractivity contribution in [3.63, 3.8) is 0 Å². The van der Waals surface area contributed by atoms with E-state index in [1.165, 1.54) is 6.07 Å². The van der Waals surface area contributed by atoms with Gasteiger partial charge in [0.2, 0.25) is 5.95 Å². The highest BCUT2D eigenvalue weighted by atomic mass is 79.9. The fourth-order valence-corrected chi connectivity index (χ4v) is 2.49. The average Bonchev–Trinajstić information content (AvgIpc) is 2.67. The normalized spacial score (nSPS) is 11.6. The summed E-state index contributed by atoms with van der Waals surface area (Å²) in [7, 11) is 0. The van der Waals surface area contributed by atoms with Crippen molar-refractivity contribution in [3.05, 3.63) is 22.4 Å². The summed E-state index contributed by atoms with van der Waals surface area (Å²) in [6, 6.07) is 3.14. The monoisotopic (exact) mass is 328 g/mol. The second-order valence-corrected chi connectivity index (χ2v) is 5.26. The van der Waals surface area contributed by atoms with Crippen LogP contribution in [0.15, 0.2) is 16.6 Å². The maximum Gasteiger partial charge on any atom is 0.201 e. The number of nitrogens with two attached hydrogens (primary N) is 1. The molecule has 0 aliphatic heterocycles. The Bertz CT molecular complexity index is 578. The standard InChI is InChI=1S/C13H18BrFN4/c1-3-18(4-2)5-6-19-12-7-9(14)10(15)8-11(12)17-13(19)16/h7-8H,3-6H2,1-2H3,(H2,16,17). The van der Waals surface area contributed by atoms with Gasteiger partial charge in [-0.3, -0.25) is 0 Å². The number of benzene rings is 1. The molecule has 0 unspecified atom stereocenters. The number of aromatic nitrogens is 2. The Morgan fingerprint density at radius 2 is 2.05 bits per heavy atom. The first-order valence-electron chi connectivity index (χ1n) is 6.39. The maximum absolute atomic E-state index is 13.5. The highest BCUT2D eigenvalue weighted by molar-refractivity contribution is 9.10. The lowest BCUT2D eigenvalue weighted by Gasteiger charge is -2.18. The van der Waals surface area contributed by atoms with Crippen LogP contribution in [0.3, 0.4) is 0 Å². The number of rotatable bonds is 5.